The van der Waals surface area contributed by atoms with Crippen LogP contribution in [0.1, 0.15) is 33.6 Å². The van der Waals surface area contributed by atoms with Crippen molar-refractivity contribution in [2.45, 2.75) is 33.6 Å². The van der Waals surface area contributed by atoms with Crippen molar-refractivity contribution in [3.8, 4) is 0 Å². The van der Waals surface area contributed by atoms with E-state index in [-0.39, 0.29) is 13.5 Å². The molecule has 0 nitrogen and oxygen atoms in total. The summed E-state index contributed by atoms with van der Waals surface area (Å²) < 4.78 is 0. The third-order valence-electron chi connectivity index (χ3n) is 2.61. The van der Waals surface area contributed by atoms with Crippen molar-refractivity contribution < 1.29 is 0 Å². The zero-order valence-electron chi connectivity index (χ0n) is 5.99. The molecule has 1 aliphatic carbocycles. The highest BCUT2D eigenvalue weighted by atomic mass is 32.1. The van der Waals surface area contributed by atoms with Crippen LogP contribution in [-0.2, 0) is 0 Å². The summed E-state index contributed by atoms with van der Waals surface area (Å²) in [5, 5.41) is 0. The lowest BCUT2D eigenvalue weighted by Gasteiger charge is -2.00. The lowest BCUT2D eigenvalue weighted by atomic mass is 10.0. The first-order chi connectivity index (χ1) is 3.19. The lowest BCUT2D eigenvalue weighted by Crippen LogP contribution is -1.90. The summed E-state index contributed by atoms with van der Waals surface area (Å²) in [5.41, 5.74) is 0.750. The summed E-state index contributed by atoms with van der Waals surface area (Å²) in [6.07, 6.45) is 2.83. The van der Waals surface area contributed by atoms with Crippen molar-refractivity contribution in [3.05, 3.63) is 0 Å². The van der Waals surface area contributed by atoms with E-state index in [0.29, 0.717) is 0 Å². The van der Waals surface area contributed by atoms with Gasteiger partial charge in [-0.3, -0.25) is 0 Å². The normalized spacial score (nSPS) is 43.1. The molecular weight excluding hydrogens is 116 g/mol. The second kappa shape index (κ2) is 2.30. The zero-order chi connectivity index (χ0) is 5.49. The molecule has 0 saturated heterocycles. The standard InChI is InChI=1S/C7H14.H2S/c1-4-7(3)5-6(7)2;/h6H,4-5H2,1-3H3;1H2. The predicted molar refractivity (Wildman–Crippen MR) is 42.6 cm³/mol. The molecule has 1 aliphatic rings. The Morgan fingerprint density at radius 1 is 1.62 bits per heavy atom. The fourth-order valence-corrected chi connectivity index (χ4v) is 1.13. The average Bonchev–Trinajstić information content (AvgIpc) is 2.18. The summed E-state index contributed by atoms with van der Waals surface area (Å²) in [7, 11) is 0. The van der Waals surface area contributed by atoms with Crippen LogP contribution in [0.3, 0.4) is 0 Å². The fourth-order valence-electron chi connectivity index (χ4n) is 1.13. The maximum atomic E-state index is 2.37. The number of rotatable bonds is 1. The molecule has 0 aromatic rings. The Balaban J connectivity index is 0.000000490. The topological polar surface area (TPSA) is 0 Å². The van der Waals surface area contributed by atoms with E-state index in [1.807, 2.05) is 0 Å². The average molecular weight is 132 g/mol. The van der Waals surface area contributed by atoms with Gasteiger partial charge in [-0.1, -0.05) is 27.2 Å². The molecule has 1 saturated carbocycles. The molecule has 2 atom stereocenters. The van der Waals surface area contributed by atoms with Crippen LogP contribution in [0, 0.1) is 11.3 Å². The Hall–Kier alpha value is 0.350. The van der Waals surface area contributed by atoms with Crippen molar-refractivity contribution in [1.29, 1.82) is 0 Å². The summed E-state index contributed by atoms with van der Waals surface area (Å²) in [4.78, 5) is 0. The molecule has 0 aliphatic heterocycles. The minimum absolute atomic E-state index is 0. The van der Waals surface area contributed by atoms with E-state index in [9.17, 15) is 0 Å². The third-order valence-corrected chi connectivity index (χ3v) is 2.61. The van der Waals surface area contributed by atoms with Crippen molar-refractivity contribution in [2.24, 2.45) is 11.3 Å². The first-order valence-electron chi connectivity index (χ1n) is 3.19. The van der Waals surface area contributed by atoms with Gasteiger partial charge in [0.25, 0.3) is 0 Å². The monoisotopic (exact) mass is 132 g/mol. The summed E-state index contributed by atoms with van der Waals surface area (Å²) in [6, 6.07) is 0. The van der Waals surface area contributed by atoms with Crippen LogP contribution in [0.2, 0.25) is 0 Å². The largest absolute Gasteiger partial charge is 0.197 e. The van der Waals surface area contributed by atoms with E-state index in [0.717, 1.165) is 11.3 Å². The van der Waals surface area contributed by atoms with E-state index in [2.05, 4.69) is 20.8 Å². The molecule has 0 amide bonds. The molecule has 2 unspecified atom stereocenters. The van der Waals surface area contributed by atoms with Crippen LogP contribution in [0.15, 0.2) is 0 Å². The first-order valence-corrected chi connectivity index (χ1v) is 3.19. The van der Waals surface area contributed by atoms with Crippen LogP contribution in [0.4, 0.5) is 0 Å². The summed E-state index contributed by atoms with van der Waals surface area (Å²) in [6.45, 7) is 6.99. The van der Waals surface area contributed by atoms with Gasteiger partial charge in [0.05, 0.1) is 0 Å². The SMILES string of the molecule is CCC1(C)CC1C.S. The third kappa shape index (κ3) is 1.19. The van der Waals surface area contributed by atoms with Gasteiger partial charge in [0.15, 0.2) is 0 Å². The summed E-state index contributed by atoms with van der Waals surface area (Å²) >= 11 is 0. The predicted octanol–water partition coefficient (Wildman–Crippen LogP) is 2.56. The van der Waals surface area contributed by atoms with E-state index in [4.69, 9.17) is 0 Å². The highest BCUT2D eigenvalue weighted by molar-refractivity contribution is 7.59. The molecule has 0 spiro atoms. The van der Waals surface area contributed by atoms with Gasteiger partial charge in [0.2, 0.25) is 0 Å². The smallest absolute Gasteiger partial charge is 0.0300 e. The first kappa shape index (κ1) is 8.35. The maximum absolute atomic E-state index is 2.37. The Labute approximate surface area is 59.1 Å². The second-order valence-corrected chi connectivity index (χ2v) is 3.11. The molecule has 0 radical (unpaired) electrons. The van der Waals surface area contributed by atoms with E-state index in [1.54, 1.807) is 0 Å². The van der Waals surface area contributed by atoms with Gasteiger partial charge in [-0.05, 0) is 17.8 Å². The fraction of sp³-hybridized carbons (Fsp3) is 1.00. The molecule has 0 N–H and O–H groups in total. The van der Waals surface area contributed by atoms with Gasteiger partial charge >= 0.3 is 0 Å². The molecule has 0 bridgehead atoms. The lowest BCUT2D eigenvalue weighted by molar-refractivity contribution is 0.502. The Morgan fingerprint density at radius 2 is 2.00 bits per heavy atom. The van der Waals surface area contributed by atoms with Crippen molar-refractivity contribution >= 4 is 13.5 Å². The highest BCUT2D eigenvalue weighted by Gasteiger charge is 2.44. The van der Waals surface area contributed by atoms with E-state index in [1.165, 1.54) is 12.8 Å². The number of hydrogen-bond donors (Lipinski definition) is 0. The molecule has 1 heteroatoms. The van der Waals surface area contributed by atoms with E-state index >= 15 is 0 Å². The Bertz CT molecular complexity index is 76.5. The maximum Gasteiger partial charge on any atom is -0.0300 e. The molecule has 1 fully saturated rings. The molecule has 0 heterocycles. The molecule has 0 aromatic heterocycles. The number of hydrogen-bond acceptors (Lipinski definition) is 0. The minimum Gasteiger partial charge on any atom is -0.197 e. The van der Waals surface area contributed by atoms with Gasteiger partial charge in [-0.25, -0.2) is 0 Å². The van der Waals surface area contributed by atoms with Crippen LogP contribution < -0.4 is 0 Å². The van der Waals surface area contributed by atoms with Crippen molar-refractivity contribution in [2.75, 3.05) is 0 Å². The zero-order valence-corrected chi connectivity index (χ0v) is 6.99. The second-order valence-electron chi connectivity index (χ2n) is 3.11. The quantitative estimate of drug-likeness (QED) is 0.514. The molecular formula is C7H16S. The van der Waals surface area contributed by atoms with Gasteiger partial charge < -0.3 is 0 Å². The highest BCUT2D eigenvalue weighted by Crippen LogP contribution is 2.53. The van der Waals surface area contributed by atoms with Crippen LogP contribution >= 0.6 is 13.5 Å². The summed E-state index contributed by atoms with van der Waals surface area (Å²) in [5.74, 6) is 1.01. The molecule has 1 rings (SSSR count). The van der Waals surface area contributed by atoms with Crippen LogP contribution in [-0.4, -0.2) is 0 Å². The molecule has 8 heavy (non-hydrogen) atoms. The van der Waals surface area contributed by atoms with Crippen LogP contribution in [0.25, 0.3) is 0 Å². The van der Waals surface area contributed by atoms with Gasteiger partial charge in [-0.15, -0.1) is 0 Å². The van der Waals surface area contributed by atoms with Crippen molar-refractivity contribution in [1.82, 2.24) is 0 Å². The van der Waals surface area contributed by atoms with Gasteiger partial charge in [0.1, 0.15) is 0 Å². The van der Waals surface area contributed by atoms with Crippen molar-refractivity contribution in [3.63, 3.8) is 0 Å². The molecule has 50 valence electrons. The van der Waals surface area contributed by atoms with E-state index < -0.39 is 0 Å². The Morgan fingerprint density at radius 3 is 2.00 bits per heavy atom. The van der Waals surface area contributed by atoms with Gasteiger partial charge in [0, 0.05) is 0 Å². The Kier molecular flexibility index (Phi) is 2.40. The minimum atomic E-state index is 0. The molecule has 0 aromatic carbocycles. The van der Waals surface area contributed by atoms with Gasteiger partial charge in [-0.2, -0.15) is 13.5 Å². The van der Waals surface area contributed by atoms with Crippen LogP contribution in [0.5, 0.6) is 0 Å².